The Bertz CT molecular complexity index is 1010. The molecule has 1 fully saturated rings. The third kappa shape index (κ3) is 4.29. The third-order valence-electron chi connectivity index (χ3n) is 5.36. The van der Waals surface area contributed by atoms with Gasteiger partial charge in [-0.25, -0.2) is 9.67 Å². The predicted molar refractivity (Wildman–Crippen MR) is 110 cm³/mol. The van der Waals surface area contributed by atoms with Gasteiger partial charge in [0.1, 0.15) is 0 Å². The molecule has 29 heavy (non-hydrogen) atoms. The number of likely N-dealkylation sites (tertiary alicyclic amines) is 1. The molecule has 1 saturated heterocycles. The minimum atomic E-state index is -0.0574. The number of carbonyl (C=O) groups excluding carboxylic acids is 2. The van der Waals surface area contributed by atoms with E-state index >= 15 is 0 Å². The SMILES string of the molecule is CC(=O)NCCn1nc(C2CCN(C(=O)Cc3ccccc3)C2)c2cccnc21. The van der Waals surface area contributed by atoms with Crippen LogP contribution < -0.4 is 5.32 Å². The monoisotopic (exact) mass is 391 g/mol. The fraction of sp³-hybridized carbons (Fsp3) is 0.364. The van der Waals surface area contributed by atoms with Gasteiger partial charge in [-0.2, -0.15) is 5.10 Å². The molecule has 1 unspecified atom stereocenters. The highest BCUT2D eigenvalue weighted by molar-refractivity contribution is 5.81. The van der Waals surface area contributed by atoms with Crippen LogP contribution in [0.5, 0.6) is 0 Å². The molecule has 1 atom stereocenters. The van der Waals surface area contributed by atoms with E-state index in [4.69, 9.17) is 5.10 Å². The molecule has 7 nitrogen and oxygen atoms in total. The zero-order valence-corrected chi connectivity index (χ0v) is 16.5. The maximum absolute atomic E-state index is 12.7. The van der Waals surface area contributed by atoms with Gasteiger partial charge in [-0.3, -0.25) is 9.59 Å². The number of nitrogens with one attached hydrogen (secondary N) is 1. The largest absolute Gasteiger partial charge is 0.354 e. The molecule has 0 aliphatic carbocycles. The summed E-state index contributed by atoms with van der Waals surface area (Å²) in [4.78, 5) is 30.3. The average molecular weight is 391 g/mol. The summed E-state index contributed by atoms with van der Waals surface area (Å²) in [5.41, 5.74) is 2.85. The lowest BCUT2D eigenvalue weighted by molar-refractivity contribution is -0.129. The van der Waals surface area contributed by atoms with E-state index in [0.717, 1.165) is 35.3 Å². The summed E-state index contributed by atoms with van der Waals surface area (Å²) >= 11 is 0. The summed E-state index contributed by atoms with van der Waals surface area (Å²) in [6, 6.07) is 13.8. The van der Waals surface area contributed by atoms with Crippen molar-refractivity contribution in [2.24, 2.45) is 0 Å². The first kappa shape index (κ1) is 19.1. The minimum Gasteiger partial charge on any atom is -0.354 e. The maximum atomic E-state index is 12.7. The number of amides is 2. The Morgan fingerprint density at radius 3 is 2.79 bits per heavy atom. The lowest BCUT2D eigenvalue weighted by atomic mass is 10.0. The van der Waals surface area contributed by atoms with Crippen molar-refractivity contribution < 1.29 is 9.59 Å². The molecule has 4 rings (SSSR count). The highest BCUT2D eigenvalue weighted by Gasteiger charge is 2.30. The topological polar surface area (TPSA) is 80.1 Å². The van der Waals surface area contributed by atoms with Crippen LogP contribution in [0.4, 0.5) is 0 Å². The Morgan fingerprint density at radius 2 is 2.00 bits per heavy atom. The van der Waals surface area contributed by atoms with Crippen LogP contribution in [-0.4, -0.2) is 51.1 Å². The summed E-state index contributed by atoms with van der Waals surface area (Å²) in [6.07, 6.45) is 3.08. The fourth-order valence-corrected chi connectivity index (χ4v) is 3.92. The molecule has 3 heterocycles. The van der Waals surface area contributed by atoms with E-state index in [1.165, 1.54) is 6.92 Å². The summed E-state index contributed by atoms with van der Waals surface area (Å²) in [5.74, 6) is 0.299. The van der Waals surface area contributed by atoms with Gasteiger partial charge in [0.15, 0.2) is 5.65 Å². The van der Waals surface area contributed by atoms with Crippen LogP contribution in [0.15, 0.2) is 48.7 Å². The lowest BCUT2D eigenvalue weighted by Crippen LogP contribution is -2.30. The van der Waals surface area contributed by atoms with Crippen LogP contribution >= 0.6 is 0 Å². The first-order valence-electron chi connectivity index (χ1n) is 9.99. The van der Waals surface area contributed by atoms with Gasteiger partial charge in [-0.05, 0) is 24.1 Å². The van der Waals surface area contributed by atoms with E-state index in [-0.39, 0.29) is 17.7 Å². The smallest absolute Gasteiger partial charge is 0.227 e. The number of aromatic nitrogens is 3. The van der Waals surface area contributed by atoms with Gasteiger partial charge >= 0.3 is 0 Å². The second-order valence-electron chi connectivity index (χ2n) is 7.45. The summed E-state index contributed by atoms with van der Waals surface area (Å²) in [6.45, 7) is 4.00. The van der Waals surface area contributed by atoms with Crippen LogP contribution in [0.2, 0.25) is 0 Å². The fourth-order valence-electron chi connectivity index (χ4n) is 3.92. The number of nitrogens with zero attached hydrogens (tertiary/aromatic N) is 4. The van der Waals surface area contributed by atoms with Gasteiger partial charge in [0.2, 0.25) is 11.8 Å². The van der Waals surface area contributed by atoms with Crippen molar-refractivity contribution in [3.8, 4) is 0 Å². The molecule has 0 bridgehead atoms. The average Bonchev–Trinajstić information content (AvgIpc) is 3.34. The number of hydrogen-bond donors (Lipinski definition) is 1. The number of fused-ring (bicyclic) bond motifs is 1. The van der Waals surface area contributed by atoms with Gasteiger partial charge in [0, 0.05) is 44.1 Å². The van der Waals surface area contributed by atoms with E-state index in [2.05, 4.69) is 10.3 Å². The molecule has 1 aliphatic heterocycles. The highest BCUT2D eigenvalue weighted by Crippen LogP contribution is 2.31. The van der Waals surface area contributed by atoms with Crippen LogP contribution in [0.1, 0.15) is 30.5 Å². The van der Waals surface area contributed by atoms with Gasteiger partial charge in [0.05, 0.1) is 18.7 Å². The van der Waals surface area contributed by atoms with Gasteiger partial charge < -0.3 is 10.2 Å². The van der Waals surface area contributed by atoms with Crippen LogP contribution in [-0.2, 0) is 22.6 Å². The van der Waals surface area contributed by atoms with Crippen molar-refractivity contribution >= 4 is 22.8 Å². The number of benzene rings is 1. The summed E-state index contributed by atoms with van der Waals surface area (Å²) in [7, 11) is 0. The van der Waals surface area contributed by atoms with Crippen molar-refractivity contribution in [3.63, 3.8) is 0 Å². The molecule has 2 aromatic heterocycles. The van der Waals surface area contributed by atoms with E-state index in [0.29, 0.717) is 26.1 Å². The zero-order valence-electron chi connectivity index (χ0n) is 16.5. The molecule has 150 valence electrons. The molecular weight excluding hydrogens is 366 g/mol. The number of carbonyl (C=O) groups is 2. The van der Waals surface area contributed by atoms with Gasteiger partial charge in [0.25, 0.3) is 0 Å². The van der Waals surface area contributed by atoms with Crippen molar-refractivity contribution in [1.82, 2.24) is 25.0 Å². The normalized spacial score (nSPS) is 16.3. The highest BCUT2D eigenvalue weighted by atomic mass is 16.2. The lowest BCUT2D eigenvalue weighted by Gasteiger charge is -2.16. The van der Waals surface area contributed by atoms with Crippen molar-refractivity contribution in [3.05, 3.63) is 59.9 Å². The Morgan fingerprint density at radius 1 is 1.17 bits per heavy atom. The molecular formula is C22H25N5O2. The van der Waals surface area contributed by atoms with E-state index < -0.39 is 0 Å². The molecule has 1 N–H and O–H groups in total. The maximum Gasteiger partial charge on any atom is 0.227 e. The summed E-state index contributed by atoms with van der Waals surface area (Å²) in [5, 5.41) is 8.64. The minimum absolute atomic E-state index is 0.0574. The van der Waals surface area contributed by atoms with Crippen molar-refractivity contribution in [2.45, 2.75) is 32.2 Å². The Kier molecular flexibility index (Phi) is 5.55. The molecule has 0 radical (unpaired) electrons. The van der Waals surface area contributed by atoms with Crippen molar-refractivity contribution in [2.75, 3.05) is 19.6 Å². The molecule has 2 amide bonds. The number of hydrogen-bond acceptors (Lipinski definition) is 4. The first-order chi connectivity index (χ1) is 14.1. The second kappa shape index (κ2) is 8.43. The predicted octanol–water partition coefficient (Wildman–Crippen LogP) is 2.13. The standard InChI is InChI=1S/C22H25N5O2/c1-16(28)23-11-13-27-22-19(8-5-10-24-22)21(25-27)18-9-12-26(15-18)20(29)14-17-6-3-2-4-7-17/h2-8,10,18H,9,11-15H2,1H3,(H,23,28). The van der Waals surface area contributed by atoms with Crippen LogP contribution in [0.3, 0.4) is 0 Å². The Labute approximate surface area is 169 Å². The number of rotatable bonds is 6. The second-order valence-corrected chi connectivity index (χ2v) is 7.45. The molecule has 0 saturated carbocycles. The molecule has 0 spiro atoms. The quantitative estimate of drug-likeness (QED) is 0.698. The van der Waals surface area contributed by atoms with Gasteiger partial charge in [-0.1, -0.05) is 30.3 Å². The Balaban J connectivity index is 1.48. The van der Waals surface area contributed by atoms with Gasteiger partial charge in [-0.15, -0.1) is 0 Å². The molecule has 1 aromatic carbocycles. The van der Waals surface area contributed by atoms with E-state index in [1.54, 1.807) is 6.20 Å². The van der Waals surface area contributed by atoms with E-state index in [9.17, 15) is 9.59 Å². The third-order valence-corrected chi connectivity index (χ3v) is 5.36. The molecule has 7 heteroatoms. The van der Waals surface area contributed by atoms with E-state index in [1.807, 2.05) is 52.0 Å². The van der Waals surface area contributed by atoms with Crippen LogP contribution in [0.25, 0.3) is 11.0 Å². The van der Waals surface area contributed by atoms with Crippen LogP contribution in [0, 0.1) is 0 Å². The first-order valence-corrected chi connectivity index (χ1v) is 9.99. The van der Waals surface area contributed by atoms with Crippen molar-refractivity contribution in [1.29, 1.82) is 0 Å². The molecule has 3 aromatic rings. The molecule has 1 aliphatic rings. The summed E-state index contributed by atoms with van der Waals surface area (Å²) < 4.78 is 1.86. The Hall–Kier alpha value is -3.22. The zero-order chi connectivity index (χ0) is 20.2. The number of pyridine rings is 1.